The van der Waals surface area contributed by atoms with E-state index in [1.807, 2.05) is 36.9 Å². The van der Waals surface area contributed by atoms with E-state index < -0.39 is 0 Å². The molecular formula is C19H27NO4. The molecule has 1 aromatic rings. The lowest BCUT2D eigenvalue weighted by atomic mass is 9.94. The fourth-order valence-electron chi connectivity index (χ4n) is 3.49. The van der Waals surface area contributed by atoms with E-state index in [1.54, 1.807) is 0 Å². The second-order valence-electron chi connectivity index (χ2n) is 6.50. The van der Waals surface area contributed by atoms with Crippen LogP contribution in [-0.2, 0) is 16.0 Å². The van der Waals surface area contributed by atoms with Gasteiger partial charge in [0.25, 0.3) is 0 Å². The van der Waals surface area contributed by atoms with E-state index in [0.717, 1.165) is 49.8 Å². The summed E-state index contributed by atoms with van der Waals surface area (Å²) in [7, 11) is 0. The van der Waals surface area contributed by atoms with Gasteiger partial charge >= 0.3 is 0 Å². The van der Waals surface area contributed by atoms with Crippen LogP contribution in [0, 0.1) is 11.8 Å². The van der Waals surface area contributed by atoms with Crippen molar-refractivity contribution in [2.24, 2.45) is 11.8 Å². The van der Waals surface area contributed by atoms with E-state index in [2.05, 4.69) is 0 Å². The average Bonchev–Trinajstić information content (AvgIpc) is 3.12. The van der Waals surface area contributed by atoms with Crippen LogP contribution in [0.4, 0.5) is 0 Å². The molecule has 1 fully saturated rings. The summed E-state index contributed by atoms with van der Waals surface area (Å²) in [4.78, 5) is 14.9. The number of ether oxygens (including phenoxy) is 3. The van der Waals surface area contributed by atoms with E-state index in [0.29, 0.717) is 25.6 Å². The first kappa shape index (κ1) is 17.1. The Balaban J connectivity index is 1.67. The molecule has 2 atom stereocenters. The van der Waals surface area contributed by atoms with Gasteiger partial charge in [0.2, 0.25) is 5.91 Å². The molecule has 0 aliphatic carbocycles. The predicted molar refractivity (Wildman–Crippen MR) is 91.5 cm³/mol. The van der Waals surface area contributed by atoms with Gasteiger partial charge < -0.3 is 19.1 Å². The molecule has 2 aliphatic heterocycles. The minimum absolute atomic E-state index is 0.114. The normalized spacial score (nSPS) is 22.6. The fourth-order valence-corrected chi connectivity index (χ4v) is 3.49. The lowest BCUT2D eigenvalue weighted by Gasteiger charge is -2.31. The lowest BCUT2D eigenvalue weighted by Crippen LogP contribution is -2.43. The summed E-state index contributed by atoms with van der Waals surface area (Å²) < 4.78 is 17.0. The maximum absolute atomic E-state index is 12.9. The molecule has 2 unspecified atom stereocenters. The third-order valence-electron chi connectivity index (χ3n) is 4.80. The van der Waals surface area contributed by atoms with Gasteiger partial charge in [-0.1, -0.05) is 12.1 Å². The highest BCUT2D eigenvalue weighted by atomic mass is 16.5. The summed E-state index contributed by atoms with van der Waals surface area (Å²) in [5.74, 6) is 2.12. The van der Waals surface area contributed by atoms with Crippen LogP contribution in [-0.4, -0.2) is 50.3 Å². The molecule has 0 bridgehead atoms. The molecule has 1 saturated heterocycles. The van der Waals surface area contributed by atoms with Crippen LogP contribution in [0.2, 0.25) is 0 Å². The van der Waals surface area contributed by atoms with Crippen LogP contribution in [0.3, 0.4) is 0 Å². The van der Waals surface area contributed by atoms with Crippen LogP contribution in [0.1, 0.15) is 25.8 Å². The van der Waals surface area contributed by atoms with Gasteiger partial charge in [0.05, 0.1) is 19.1 Å². The first-order valence-corrected chi connectivity index (χ1v) is 8.96. The van der Waals surface area contributed by atoms with E-state index in [9.17, 15) is 4.79 Å². The zero-order valence-corrected chi connectivity index (χ0v) is 14.6. The van der Waals surface area contributed by atoms with Crippen molar-refractivity contribution >= 4 is 5.91 Å². The quantitative estimate of drug-likeness (QED) is 0.803. The van der Waals surface area contributed by atoms with Gasteiger partial charge in [-0.05, 0) is 38.3 Å². The monoisotopic (exact) mass is 333 g/mol. The summed E-state index contributed by atoms with van der Waals surface area (Å²) in [6.07, 6.45) is 1.76. The molecule has 5 heteroatoms. The van der Waals surface area contributed by atoms with Crippen molar-refractivity contribution in [3.05, 3.63) is 23.8 Å². The molecule has 2 aliphatic rings. The highest BCUT2D eigenvalue weighted by Crippen LogP contribution is 2.36. The third-order valence-corrected chi connectivity index (χ3v) is 4.80. The predicted octanol–water partition coefficient (Wildman–Crippen LogP) is 2.52. The number of hydrogen-bond donors (Lipinski definition) is 0. The topological polar surface area (TPSA) is 48.0 Å². The fraction of sp³-hybridized carbons (Fsp3) is 0.632. The lowest BCUT2D eigenvalue weighted by molar-refractivity contribution is -0.137. The minimum Gasteiger partial charge on any atom is -0.490 e. The van der Waals surface area contributed by atoms with Crippen molar-refractivity contribution in [2.75, 3.05) is 39.5 Å². The largest absolute Gasteiger partial charge is 0.490 e. The molecule has 5 nitrogen and oxygen atoms in total. The molecule has 24 heavy (non-hydrogen) atoms. The van der Waals surface area contributed by atoms with E-state index in [1.165, 1.54) is 0 Å². The maximum Gasteiger partial charge on any atom is 0.229 e. The molecule has 0 aromatic heterocycles. The zero-order valence-electron chi connectivity index (χ0n) is 14.6. The van der Waals surface area contributed by atoms with Crippen LogP contribution < -0.4 is 9.47 Å². The van der Waals surface area contributed by atoms with Crippen molar-refractivity contribution in [1.29, 1.82) is 0 Å². The molecule has 3 rings (SSSR count). The summed E-state index contributed by atoms with van der Waals surface area (Å²) in [6, 6.07) is 5.91. The first-order chi connectivity index (χ1) is 11.7. The second-order valence-corrected chi connectivity index (χ2v) is 6.50. The van der Waals surface area contributed by atoms with E-state index in [-0.39, 0.29) is 11.8 Å². The molecule has 1 aromatic carbocycles. The molecule has 0 radical (unpaired) electrons. The van der Waals surface area contributed by atoms with Crippen molar-refractivity contribution in [3.63, 3.8) is 0 Å². The van der Waals surface area contributed by atoms with Crippen LogP contribution in [0.25, 0.3) is 0 Å². The van der Waals surface area contributed by atoms with Gasteiger partial charge in [-0.3, -0.25) is 4.79 Å². The molecule has 1 amide bonds. The Morgan fingerprint density at radius 2 is 2.21 bits per heavy atom. The number of para-hydroxylation sites is 1. The summed E-state index contributed by atoms with van der Waals surface area (Å²) >= 11 is 0. The third kappa shape index (κ3) is 3.66. The van der Waals surface area contributed by atoms with E-state index >= 15 is 0 Å². The Hall–Kier alpha value is -1.75. The van der Waals surface area contributed by atoms with Crippen LogP contribution in [0.15, 0.2) is 18.2 Å². The molecule has 0 spiro atoms. The van der Waals surface area contributed by atoms with E-state index in [4.69, 9.17) is 14.2 Å². The van der Waals surface area contributed by atoms with Crippen LogP contribution >= 0.6 is 0 Å². The number of amides is 1. The molecule has 2 heterocycles. The molecule has 132 valence electrons. The van der Waals surface area contributed by atoms with Gasteiger partial charge in [0.1, 0.15) is 6.61 Å². The summed E-state index contributed by atoms with van der Waals surface area (Å²) in [6.45, 7) is 8.14. The minimum atomic E-state index is -0.114. The standard InChI is InChI=1S/C19H27NO4/c1-3-20(11-14-8-9-22-12-14)19(21)16-10-15-6-5-7-17(23-4-2)18(15)24-13-16/h5-7,14,16H,3-4,8-13H2,1-2H3. The SMILES string of the molecule is CCOc1cccc2c1OCC(C(=O)N(CC)CC1CCOC1)C2. The Kier molecular flexibility index (Phi) is 5.61. The van der Waals surface area contributed by atoms with Crippen molar-refractivity contribution in [1.82, 2.24) is 4.90 Å². The Bertz CT molecular complexity index is 568. The smallest absolute Gasteiger partial charge is 0.229 e. The Morgan fingerprint density at radius 1 is 1.33 bits per heavy atom. The van der Waals surface area contributed by atoms with Gasteiger partial charge in [0.15, 0.2) is 11.5 Å². The average molecular weight is 333 g/mol. The number of carbonyl (C=O) groups excluding carboxylic acids is 1. The molecular weight excluding hydrogens is 306 g/mol. The van der Waals surface area contributed by atoms with Crippen molar-refractivity contribution in [3.8, 4) is 11.5 Å². The number of fused-ring (bicyclic) bond motifs is 1. The number of rotatable bonds is 6. The number of hydrogen-bond acceptors (Lipinski definition) is 4. The number of benzene rings is 1. The van der Waals surface area contributed by atoms with Gasteiger partial charge in [-0.2, -0.15) is 0 Å². The van der Waals surface area contributed by atoms with Gasteiger partial charge in [0, 0.05) is 25.6 Å². The van der Waals surface area contributed by atoms with Gasteiger partial charge in [-0.15, -0.1) is 0 Å². The number of nitrogens with zero attached hydrogens (tertiary/aromatic N) is 1. The highest BCUT2D eigenvalue weighted by Gasteiger charge is 2.31. The Morgan fingerprint density at radius 3 is 2.92 bits per heavy atom. The van der Waals surface area contributed by atoms with Crippen molar-refractivity contribution in [2.45, 2.75) is 26.7 Å². The first-order valence-electron chi connectivity index (χ1n) is 8.96. The molecule has 0 saturated carbocycles. The Labute approximate surface area is 143 Å². The summed E-state index contributed by atoms with van der Waals surface area (Å²) in [5, 5.41) is 0. The summed E-state index contributed by atoms with van der Waals surface area (Å²) in [5.41, 5.74) is 1.06. The maximum atomic E-state index is 12.9. The van der Waals surface area contributed by atoms with Crippen LogP contribution in [0.5, 0.6) is 11.5 Å². The second kappa shape index (κ2) is 7.88. The van der Waals surface area contributed by atoms with Crippen molar-refractivity contribution < 1.29 is 19.0 Å². The zero-order chi connectivity index (χ0) is 16.9. The van der Waals surface area contributed by atoms with Gasteiger partial charge in [-0.25, -0.2) is 0 Å². The highest BCUT2D eigenvalue weighted by molar-refractivity contribution is 5.80. The number of carbonyl (C=O) groups is 1. The molecule has 0 N–H and O–H groups in total.